The van der Waals surface area contributed by atoms with Gasteiger partial charge >= 0.3 is 0 Å². The number of anilines is 1. The number of nitrogens with one attached hydrogen (secondary N) is 2. The lowest BCUT2D eigenvalue weighted by atomic mass is 9.92. The van der Waals surface area contributed by atoms with Gasteiger partial charge in [-0.1, -0.05) is 18.9 Å². The summed E-state index contributed by atoms with van der Waals surface area (Å²) in [5.74, 6) is -0.498. The van der Waals surface area contributed by atoms with Gasteiger partial charge in [0.15, 0.2) is 0 Å². The molecule has 2 heterocycles. The fourth-order valence-electron chi connectivity index (χ4n) is 4.59. The van der Waals surface area contributed by atoms with Gasteiger partial charge in [-0.25, -0.2) is 0 Å². The predicted octanol–water partition coefficient (Wildman–Crippen LogP) is 2.17. The van der Waals surface area contributed by atoms with E-state index < -0.39 is 11.9 Å². The highest BCUT2D eigenvalue weighted by molar-refractivity contribution is 6.24. The van der Waals surface area contributed by atoms with E-state index >= 15 is 0 Å². The molecule has 9 heteroatoms. The predicted molar refractivity (Wildman–Crippen MR) is 123 cm³/mol. The molecule has 1 saturated heterocycles. The summed E-state index contributed by atoms with van der Waals surface area (Å²) in [6.07, 6.45) is 6.83. The Morgan fingerprint density at radius 2 is 1.91 bits per heavy atom. The molecule has 0 spiro atoms. The molecular weight excluding hydrogens is 424 g/mol. The number of carbonyl (C=O) groups is 5. The minimum atomic E-state index is -0.465. The number of unbranched alkanes of at least 4 members (excludes halogenated alkanes) is 1. The zero-order valence-corrected chi connectivity index (χ0v) is 19.0. The molecule has 2 N–H and O–H groups in total. The third kappa shape index (κ3) is 5.97. The van der Waals surface area contributed by atoms with Crippen LogP contribution in [-0.2, 0) is 14.4 Å². The summed E-state index contributed by atoms with van der Waals surface area (Å²) in [5, 5.41) is 5.38. The minimum Gasteiger partial charge on any atom is -0.384 e. The monoisotopic (exact) mass is 456 g/mol. The third-order valence-corrected chi connectivity index (χ3v) is 6.55. The summed E-state index contributed by atoms with van der Waals surface area (Å²) >= 11 is 0. The molecule has 1 atom stereocenters. The van der Waals surface area contributed by atoms with E-state index in [-0.39, 0.29) is 24.7 Å². The maximum absolute atomic E-state index is 13.1. The van der Waals surface area contributed by atoms with E-state index in [0.29, 0.717) is 35.7 Å². The van der Waals surface area contributed by atoms with Crippen molar-refractivity contribution in [1.82, 2.24) is 15.1 Å². The van der Waals surface area contributed by atoms with Gasteiger partial charge in [-0.2, -0.15) is 0 Å². The number of benzene rings is 1. The van der Waals surface area contributed by atoms with Crippen molar-refractivity contribution in [2.24, 2.45) is 5.92 Å². The summed E-state index contributed by atoms with van der Waals surface area (Å²) < 4.78 is 0. The van der Waals surface area contributed by atoms with Gasteiger partial charge in [-0.05, 0) is 50.7 Å². The van der Waals surface area contributed by atoms with Gasteiger partial charge in [-0.3, -0.25) is 34.2 Å². The van der Waals surface area contributed by atoms with E-state index in [2.05, 4.69) is 10.6 Å². The van der Waals surface area contributed by atoms with E-state index in [1.807, 2.05) is 11.0 Å². The second-order valence-corrected chi connectivity index (χ2v) is 8.79. The van der Waals surface area contributed by atoms with Crippen molar-refractivity contribution < 1.29 is 24.0 Å². The van der Waals surface area contributed by atoms with E-state index in [1.165, 1.54) is 4.90 Å². The Bertz CT molecular complexity index is 895. The molecule has 178 valence electrons. The molecule has 1 fully saturated rings. The van der Waals surface area contributed by atoms with Crippen LogP contribution in [0.4, 0.5) is 5.69 Å². The van der Waals surface area contributed by atoms with E-state index in [0.717, 1.165) is 51.6 Å². The Morgan fingerprint density at radius 3 is 2.61 bits per heavy atom. The highest BCUT2D eigenvalue weighted by Crippen LogP contribution is 2.31. The SMILES string of the molecule is CC(CCC(=O)NC=O)N1C(=O)c2cccc(NCCCCC3CCN(C=O)CC3)c2C1=O. The Hall–Kier alpha value is -3.23. The van der Waals surface area contributed by atoms with Gasteiger partial charge in [0, 0.05) is 37.8 Å². The van der Waals surface area contributed by atoms with Gasteiger partial charge in [0.05, 0.1) is 11.1 Å². The van der Waals surface area contributed by atoms with Crippen LogP contribution in [0.1, 0.15) is 72.6 Å². The topological polar surface area (TPSA) is 116 Å². The summed E-state index contributed by atoms with van der Waals surface area (Å²) in [6, 6.07) is 4.76. The Labute approximate surface area is 193 Å². The minimum absolute atomic E-state index is 0.0482. The van der Waals surface area contributed by atoms with Gasteiger partial charge in [0.25, 0.3) is 11.8 Å². The first kappa shape index (κ1) is 24.4. The van der Waals surface area contributed by atoms with Crippen LogP contribution in [0.25, 0.3) is 0 Å². The molecule has 0 aliphatic carbocycles. The Morgan fingerprint density at radius 1 is 1.15 bits per heavy atom. The van der Waals surface area contributed by atoms with Crippen LogP contribution in [0.15, 0.2) is 18.2 Å². The number of imide groups is 2. The first-order chi connectivity index (χ1) is 16.0. The third-order valence-electron chi connectivity index (χ3n) is 6.55. The zero-order valence-electron chi connectivity index (χ0n) is 19.0. The number of hydrogen-bond donors (Lipinski definition) is 2. The number of hydrogen-bond acceptors (Lipinski definition) is 6. The van der Waals surface area contributed by atoms with Gasteiger partial charge in [-0.15, -0.1) is 0 Å². The van der Waals surface area contributed by atoms with Crippen molar-refractivity contribution in [2.45, 2.75) is 57.9 Å². The number of amides is 5. The first-order valence-corrected chi connectivity index (χ1v) is 11.6. The molecule has 3 rings (SSSR count). The number of nitrogens with zero attached hydrogens (tertiary/aromatic N) is 2. The molecule has 0 aromatic heterocycles. The van der Waals surface area contributed by atoms with Crippen LogP contribution >= 0.6 is 0 Å². The molecule has 0 radical (unpaired) electrons. The smallest absolute Gasteiger partial charge is 0.263 e. The fraction of sp³-hybridized carbons (Fsp3) is 0.542. The summed E-state index contributed by atoms with van der Waals surface area (Å²) in [5.41, 5.74) is 1.41. The second-order valence-electron chi connectivity index (χ2n) is 8.79. The van der Waals surface area contributed by atoms with E-state index in [9.17, 15) is 24.0 Å². The molecule has 1 unspecified atom stereocenters. The molecule has 1 aromatic carbocycles. The molecule has 1 aromatic rings. The molecule has 9 nitrogen and oxygen atoms in total. The van der Waals surface area contributed by atoms with Crippen molar-refractivity contribution in [3.05, 3.63) is 29.3 Å². The zero-order chi connectivity index (χ0) is 23.8. The average Bonchev–Trinajstić information content (AvgIpc) is 3.08. The van der Waals surface area contributed by atoms with E-state index in [4.69, 9.17) is 0 Å². The molecule has 2 aliphatic heterocycles. The normalized spacial score (nSPS) is 17.0. The number of rotatable bonds is 12. The second kappa shape index (κ2) is 11.6. The quantitative estimate of drug-likeness (QED) is 0.283. The van der Waals surface area contributed by atoms with Gasteiger partial charge in [0.2, 0.25) is 18.7 Å². The van der Waals surface area contributed by atoms with Crippen LogP contribution in [-0.4, -0.2) is 66.0 Å². The van der Waals surface area contributed by atoms with Gasteiger partial charge < -0.3 is 10.2 Å². The highest BCUT2D eigenvalue weighted by Gasteiger charge is 2.40. The van der Waals surface area contributed by atoms with Crippen LogP contribution < -0.4 is 10.6 Å². The number of likely N-dealkylation sites (tertiary alicyclic amines) is 1. The van der Waals surface area contributed by atoms with Crippen molar-refractivity contribution in [3.63, 3.8) is 0 Å². The fourth-order valence-corrected chi connectivity index (χ4v) is 4.59. The molecule has 2 aliphatic rings. The first-order valence-electron chi connectivity index (χ1n) is 11.6. The van der Waals surface area contributed by atoms with Crippen LogP contribution in [0, 0.1) is 5.92 Å². The van der Waals surface area contributed by atoms with Crippen LogP contribution in [0.3, 0.4) is 0 Å². The lowest BCUT2D eigenvalue weighted by molar-refractivity contribution is -0.125. The van der Waals surface area contributed by atoms with E-state index in [1.54, 1.807) is 19.1 Å². The largest absolute Gasteiger partial charge is 0.384 e. The molecule has 0 bridgehead atoms. The molecule has 0 saturated carbocycles. The van der Waals surface area contributed by atoms with Crippen LogP contribution in [0.2, 0.25) is 0 Å². The summed E-state index contributed by atoms with van der Waals surface area (Å²) in [4.78, 5) is 61.7. The number of carbonyl (C=O) groups excluding carboxylic acids is 5. The number of fused-ring (bicyclic) bond motifs is 1. The lowest BCUT2D eigenvalue weighted by Gasteiger charge is -2.29. The molecule has 5 amide bonds. The summed E-state index contributed by atoms with van der Waals surface area (Å²) in [7, 11) is 0. The maximum Gasteiger partial charge on any atom is 0.263 e. The van der Waals surface area contributed by atoms with Crippen LogP contribution in [0.5, 0.6) is 0 Å². The maximum atomic E-state index is 13.1. The van der Waals surface area contributed by atoms with Crippen molar-refractivity contribution in [3.8, 4) is 0 Å². The molecule has 33 heavy (non-hydrogen) atoms. The Balaban J connectivity index is 1.50. The Kier molecular flexibility index (Phi) is 8.57. The van der Waals surface area contributed by atoms with Crippen molar-refractivity contribution in [2.75, 3.05) is 25.0 Å². The van der Waals surface area contributed by atoms with Crippen molar-refractivity contribution >= 4 is 36.2 Å². The molecular formula is C24H32N4O5. The van der Waals surface area contributed by atoms with Gasteiger partial charge in [0.1, 0.15) is 0 Å². The highest BCUT2D eigenvalue weighted by atomic mass is 16.2. The average molecular weight is 457 g/mol. The lowest BCUT2D eigenvalue weighted by Crippen LogP contribution is -2.38. The standard InChI is InChI=1S/C24H32N4O5/c1-17(8-9-21(31)26-15-29)28-23(32)19-6-4-7-20(22(19)24(28)33)25-12-3-2-5-18-10-13-27(16-30)14-11-18/h4,6-7,15-18,25H,2-3,5,8-14H2,1H3,(H,26,29,31). The number of piperidine rings is 1. The summed E-state index contributed by atoms with van der Waals surface area (Å²) in [6.45, 7) is 4.11. The van der Waals surface area contributed by atoms with Crippen molar-refractivity contribution in [1.29, 1.82) is 0 Å².